The van der Waals surface area contributed by atoms with Crippen LogP contribution in [0.25, 0.3) is 0 Å². The van der Waals surface area contributed by atoms with Gasteiger partial charge in [-0.05, 0) is 44.9 Å². The molecular formula is C23H33N3O6S. The maximum absolute atomic E-state index is 12.9. The van der Waals surface area contributed by atoms with Crippen LogP contribution < -0.4 is 15.7 Å². The van der Waals surface area contributed by atoms with Gasteiger partial charge in [0, 0.05) is 18.4 Å². The summed E-state index contributed by atoms with van der Waals surface area (Å²) in [6.07, 6.45) is 5.13. The number of unbranched alkanes of at least 4 members (excludes halogenated alkanes) is 1. The molecular weight excluding hydrogens is 446 g/mol. The largest absolute Gasteiger partial charge is 0.493 e. The summed E-state index contributed by atoms with van der Waals surface area (Å²) in [7, 11) is 0. The molecule has 9 nitrogen and oxygen atoms in total. The fourth-order valence-corrected chi connectivity index (χ4v) is 4.22. The van der Waals surface area contributed by atoms with Crippen LogP contribution in [0.4, 0.5) is 0 Å². The van der Waals surface area contributed by atoms with Crippen LogP contribution in [0.2, 0.25) is 0 Å². The van der Waals surface area contributed by atoms with Crippen molar-refractivity contribution in [2.75, 3.05) is 25.6 Å². The van der Waals surface area contributed by atoms with E-state index in [1.165, 1.54) is 17.8 Å². The summed E-state index contributed by atoms with van der Waals surface area (Å²) >= 11 is 1.46. The Morgan fingerprint density at radius 1 is 1.39 bits per heavy atom. The number of hydrogen-bond donors (Lipinski definition) is 2. The molecule has 182 valence electrons. The Morgan fingerprint density at radius 2 is 2.21 bits per heavy atom. The van der Waals surface area contributed by atoms with Crippen LogP contribution in [-0.2, 0) is 9.63 Å². The average molecular weight is 480 g/mol. The van der Waals surface area contributed by atoms with Gasteiger partial charge in [0.25, 0.3) is 0 Å². The van der Waals surface area contributed by atoms with Gasteiger partial charge >= 0.3 is 5.63 Å². The molecule has 33 heavy (non-hydrogen) atoms. The molecule has 2 atom stereocenters. The van der Waals surface area contributed by atoms with Crippen molar-refractivity contribution in [3.63, 3.8) is 0 Å². The standard InChI is InChI=1S/C23H33N3O6S/c1-3-6-18(20-11-17(12-21(28)32-20)30-13-16-7-8-16)24-22(29)19-14-33-23(25-19)15(2)26-31-10-5-4-9-27/h11-12,16,18-19,27H,3-10,13-14H2,1-2H3,(H,24,29)/b26-15+. The van der Waals surface area contributed by atoms with Crippen molar-refractivity contribution >= 4 is 28.4 Å². The van der Waals surface area contributed by atoms with E-state index in [1.807, 2.05) is 6.92 Å². The topological polar surface area (TPSA) is 123 Å². The molecule has 1 aromatic heterocycles. The number of rotatable bonds is 14. The van der Waals surface area contributed by atoms with Gasteiger partial charge < -0.3 is 24.4 Å². The summed E-state index contributed by atoms with van der Waals surface area (Å²) in [5.41, 5.74) is 0.132. The number of ether oxygens (including phenoxy) is 1. The molecule has 2 heterocycles. The predicted molar refractivity (Wildman–Crippen MR) is 128 cm³/mol. The van der Waals surface area contributed by atoms with Crippen molar-refractivity contribution < 1.29 is 23.9 Å². The smallest absolute Gasteiger partial charge is 0.339 e. The number of aliphatic hydroxyl groups excluding tert-OH is 1. The highest BCUT2D eigenvalue weighted by atomic mass is 32.2. The number of carbonyl (C=O) groups excluding carboxylic acids is 1. The van der Waals surface area contributed by atoms with Gasteiger partial charge in [0.1, 0.15) is 34.9 Å². The molecule has 1 aromatic rings. The van der Waals surface area contributed by atoms with Crippen molar-refractivity contribution in [2.24, 2.45) is 16.1 Å². The highest BCUT2D eigenvalue weighted by Crippen LogP contribution is 2.30. The zero-order valence-corrected chi connectivity index (χ0v) is 20.1. The van der Waals surface area contributed by atoms with Crippen LogP contribution in [0.15, 0.2) is 31.5 Å². The Morgan fingerprint density at radius 3 is 2.94 bits per heavy atom. The van der Waals surface area contributed by atoms with E-state index in [1.54, 1.807) is 13.0 Å². The van der Waals surface area contributed by atoms with Gasteiger partial charge in [-0.15, -0.1) is 11.8 Å². The summed E-state index contributed by atoms with van der Waals surface area (Å²) in [6, 6.07) is 2.06. The molecule has 0 spiro atoms. The second-order valence-corrected chi connectivity index (χ2v) is 9.33. The molecule has 3 rings (SSSR count). The van der Waals surface area contributed by atoms with Crippen molar-refractivity contribution in [3.8, 4) is 5.75 Å². The number of nitrogens with one attached hydrogen (secondary N) is 1. The zero-order valence-electron chi connectivity index (χ0n) is 19.2. The van der Waals surface area contributed by atoms with Gasteiger partial charge in [-0.3, -0.25) is 9.79 Å². The first kappa shape index (κ1) is 25.3. The molecule has 1 amide bonds. The highest BCUT2D eigenvalue weighted by molar-refractivity contribution is 8.16. The lowest BCUT2D eigenvalue weighted by molar-refractivity contribution is -0.122. The summed E-state index contributed by atoms with van der Waals surface area (Å²) in [6.45, 7) is 4.95. The minimum absolute atomic E-state index is 0.131. The minimum atomic E-state index is -0.551. The van der Waals surface area contributed by atoms with Crippen LogP contribution in [0, 0.1) is 5.92 Å². The van der Waals surface area contributed by atoms with Gasteiger partial charge in [0.05, 0.1) is 18.7 Å². The SMILES string of the molecule is CCCC(NC(=O)C1CSC(/C(C)=N/OCCCCO)=N1)c1cc(OCC2CC2)cc(=O)o1. The third-order valence-electron chi connectivity index (χ3n) is 5.29. The first-order valence-electron chi connectivity index (χ1n) is 11.6. The van der Waals surface area contributed by atoms with Gasteiger partial charge in [-0.1, -0.05) is 18.5 Å². The first-order valence-corrected chi connectivity index (χ1v) is 12.5. The van der Waals surface area contributed by atoms with Crippen molar-refractivity contribution in [1.82, 2.24) is 5.32 Å². The molecule has 2 aliphatic rings. The molecule has 2 unspecified atom stereocenters. The Labute approximate surface area is 198 Å². The number of thioether (sulfide) groups is 1. The highest BCUT2D eigenvalue weighted by Gasteiger charge is 2.29. The molecule has 0 saturated heterocycles. The van der Waals surface area contributed by atoms with E-state index in [2.05, 4.69) is 15.5 Å². The lowest BCUT2D eigenvalue weighted by atomic mass is 10.1. The molecule has 1 aliphatic heterocycles. The fourth-order valence-electron chi connectivity index (χ4n) is 3.23. The molecule has 1 fully saturated rings. The van der Waals surface area contributed by atoms with Gasteiger partial charge in [-0.25, -0.2) is 4.79 Å². The molecule has 10 heteroatoms. The number of hydrogen-bond acceptors (Lipinski definition) is 9. The molecule has 1 aliphatic carbocycles. The van der Waals surface area contributed by atoms with Crippen LogP contribution in [-0.4, -0.2) is 53.4 Å². The number of nitrogens with zero attached hydrogens (tertiary/aromatic N) is 2. The van der Waals surface area contributed by atoms with E-state index < -0.39 is 17.7 Å². The van der Waals surface area contributed by atoms with E-state index in [0.717, 1.165) is 25.7 Å². The summed E-state index contributed by atoms with van der Waals surface area (Å²) in [5, 5.41) is 16.5. The second-order valence-electron chi connectivity index (χ2n) is 8.32. The number of carbonyl (C=O) groups is 1. The van der Waals surface area contributed by atoms with E-state index in [0.29, 0.717) is 60.0 Å². The second kappa shape index (κ2) is 12.8. The molecule has 1 saturated carbocycles. The van der Waals surface area contributed by atoms with Crippen LogP contribution >= 0.6 is 11.8 Å². The fraction of sp³-hybridized carbons (Fsp3) is 0.652. The average Bonchev–Trinajstić information content (AvgIpc) is 3.49. The Balaban J connectivity index is 1.61. The van der Waals surface area contributed by atoms with Crippen molar-refractivity contribution in [3.05, 3.63) is 28.3 Å². The molecule has 0 bridgehead atoms. The lowest BCUT2D eigenvalue weighted by Gasteiger charge is -2.19. The molecule has 2 N–H and O–H groups in total. The van der Waals surface area contributed by atoms with E-state index in [-0.39, 0.29) is 12.5 Å². The predicted octanol–water partition coefficient (Wildman–Crippen LogP) is 3.06. The number of aliphatic imine (C=N–C) groups is 1. The van der Waals surface area contributed by atoms with Crippen molar-refractivity contribution in [1.29, 1.82) is 0 Å². The third kappa shape index (κ3) is 8.19. The van der Waals surface area contributed by atoms with E-state index in [9.17, 15) is 9.59 Å². The molecule has 0 radical (unpaired) electrons. The van der Waals surface area contributed by atoms with Crippen LogP contribution in [0.1, 0.15) is 64.2 Å². The zero-order chi connectivity index (χ0) is 23.6. The van der Waals surface area contributed by atoms with E-state index >= 15 is 0 Å². The van der Waals surface area contributed by atoms with Crippen LogP contribution in [0.3, 0.4) is 0 Å². The monoisotopic (exact) mass is 479 g/mol. The Kier molecular flexibility index (Phi) is 9.80. The Hall–Kier alpha value is -2.33. The normalized spacial score (nSPS) is 19.2. The number of amides is 1. The van der Waals surface area contributed by atoms with Crippen molar-refractivity contribution in [2.45, 2.75) is 64.5 Å². The van der Waals surface area contributed by atoms with Gasteiger partial charge in [0.15, 0.2) is 0 Å². The molecule has 0 aromatic carbocycles. The van der Waals surface area contributed by atoms with Crippen LogP contribution in [0.5, 0.6) is 5.75 Å². The Bertz CT molecular complexity index is 912. The van der Waals surface area contributed by atoms with Gasteiger partial charge in [-0.2, -0.15) is 0 Å². The maximum atomic E-state index is 12.9. The first-order chi connectivity index (χ1) is 16.0. The number of oxime groups is 1. The third-order valence-corrected chi connectivity index (χ3v) is 6.45. The lowest BCUT2D eigenvalue weighted by Crippen LogP contribution is -2.37. The van der Waals surface area contributed by atoms with E-state index in [4.69, 9.17) is 19.1 Å². The minimum Gasteiger partial charge on any atom is -0.493 e. The maximum Gasteiger partial charge on any atom is 0.339 e. The van der Waals surface area contributed by atoms with Gasteiger partial charge in [0.2, 0.25) is 5.91 Å². The summed E-state index contributed by atoms with van der Waals surface area (Å²) < 4.78 is 11.2. The summed E-state index contributed by atoms with van der Waals surface area (Å²) in [4.78, 5) is 34.7. The quantitative estimate of drug-likeness (QED) is 0.239. The summed E-state index contributed by atoms with van der Waals surface area (Å²) in [5.74, 6) is 1.72. The number of aliphatic hydroxyl groups is 1.